The molecule has 3 aromatic rings. The Balaban J connectivity index is 2.06. The van der Waals surface area contributed by atoms with E-state index in [-0.39, 0.29) is 0 Å². The van der Waals surface area contributed by atoms with Crippen molar-refractivity contribution in [3.8, 4) is 11.1 Å². The molecule has 0 saturated carbocycles. The fraction of sp³-hybridized carbons (Fsp3) is 0.294. The number of fused-ring (bicyclic) bond motifs is 1. The molecule has 5 heteroatoms. The Morgan fingerprint density at radius 1 is 1.14 bits per heavy atom. The molecule has 114 valence electrons. The van der Waals surface area contributed by atoms with Crippen LogP contribution in [0.4, 0.5) is 0 Å². The van der Waals surface area contributed by atoms with Crippen molar-refractivity contribution in [2.24, 2.45) is 5.92 Å². The second kappa shape index (κ2) is 6.39. The van der Waals surface area contributed by atoms with E-state index in [1.807, 2.05) is 4.68 Å². The highest BCUT2D eigenvalue weighted by molar-refractivity contribution is 9.10. The second-order valence-corrected chi connectivity index (χ2v) is 6.85. The zero-order valence-electron chi connectivity index (χ0n) is 12.6. The van der Waals surface area contributed by atoms with E-state index in [0.717, 1.165) is 38.7 Å². The lowest BCUT2D eigenvalue weighted by atomic mass is 10.0. The monoisotopic (exact) mass is 377 g/mol. The van der Waals surface area contributed by atoms with Crippen LogP contribution < -0.4 is 0 Å². The molecule has 0 aliphatic rings. The predicted molar refractivity (Wildman–Crippen MR) is 95.1 cm³/mol. The van der Waals surface area contributed by atoms with Crippen molar-refractivity contribution >= 4 is 38.6 Å². The van der Waals surface area contributed by atoms with Crippen molar-refractivity contribution in [1.29, 1.82) is 0 Å². The molecule has 3 nitrogen and oxygen atoms in total. The Hall–Kier alpha value is -1.39. The highest BCUT2D eigenvalue weighted by atomic mass is 79.9. The number of halogens is 2. The summed E-state index contributed by atoms with van der Waals surface area (Å²) in [4.78, 5) is 0. The number of hydrogen-bond acceptors (Lipinski definition) is 2. The zero-order valence-corrected chi connectivity index (χ0v) is 14.9. The molecule has 0 saturated heterocycles. The fourth-order valence-corrected chi connectivity index (χ4v) is 3.30. The number of nitrogens with zero attached hydrogens (tertiary/aromatic N) is 3. The van der Waals surface area contributed by atoms with Crippen LogP contribution in [0.2, 0.25) is 0 Å². The average molecular weight is 379 g/mol. The van der Waals surface area contributed by atoms with Crippen LogP contribution in [0.25, 0.3) is 22.2 Å². The van der Waals surface area contributed by atoms with Gasteiger partial charge in [0.05, 0.1) is 9.99 Å². The van der Waals surface area contributed by atoms with E-state index in [0.29, 0.717) is 11.8 Å². The molecule has 0 spiro atoms. The molecule has 0 fully saturated rings. The second-order valence-electron chi connectivity index (χ2n) is 5.79. The summed E-state index contributed by atoms with van der Waals surface area (Å²) in [6, 6.07) is 12.5. The molecule has 22 heavy (non-hydrogen) atoms. The van der Waals surface area contributed by atoms with Crippen LogP contribution >= 0.6 is 27.5 Å². The van der Waals surface area contributed by atoms with Crippen molar-refractivity contribution in [3.05, 3.63) is 46.4 Å². The number of alkyl halides is 1. The van der Waals surface area contributed by atoms with Gasteiger partial charge in [0.2, 0.25) is 0 Å². The van der Waals surface area contributed by atoms with Crippen LogP contribution in [0.15, 0.2) is 40.9 Å². The summed E-state index contributed by atoms with van der Waals surface area (Å²) in [7, 11) is 0. The van der Waals surface area contributed by atoms with E-state index >= 15 is 0 Å². The van der Waals surface area contributed by atoms with E-state index in [4.69, 9.17) is 11.6 Å². The summed E-state index contributed by atoms with van der Waals surface area (Å²) < 4.78 is 2.95. The molecular weight excluding hydrogens is 362 g/mol. The van der Waals surface area contributed by atoms with Crippen molar-refractivity contribution in [3.63, 3.8) is 0 Å². The minimum absolute atomic E-state index is 0.532. The summed E-state index contributed by atoms with van der Waals surface area (Å²) in [6.45, 7) is 5.22. The maximum absolute atomic E-state index is 5.85. The topological polar surface area (TPSA) is 30.7 Å². The van der Waals surface area contributed by atoms with E-state index < -0.39 is 0 Å². The average Bonchev–Trinajstić information content (AvgIpc) is 2.91. The van der Waals surface area contributed by atoms with Gasteiger partial charge in [-0.25, -0.2) is 4.68 Å². The molecule has 1 heterocycles. The van der Waals surface area contributed by atoms with Crippen molar-refractivity contribution < 1.29 is 0 Å². The normalized spacial score (nSPS) is 11.5. The number of aromatic nitrogens is 3. The molecule has 0 aliphatic carbocycles. The Labute approximate surface area is 143 Å². The molecule has 0 bridgehead atoms. The Morgan fingerprint density at radius 3 is 2.50 bits per heavy atom. The summed E-state index contributed by atoms with van der Waals surface area (Å²) in [6.07, 6.45) is 0. The largest absolute Gasteiger partial charge is 0.244 e. The number of hydrogen-bond donors (Lipinski definition) is 0. The summed E-state index contributed by atoms with van der Waals surface area (Å²) in [5.74, 6) is 1.07. The van der Waals surface area contributed by atoms with E-state index in [9.17, 15) is 0 Å². The molecule has 0 unspecified atom stereocenters. The minimum Gasteiger partial charge on any atom is -0.244 e. The number of benzene rings is 2. The van der Waals surface area contributed by atoms with Gasteiger partial charge in [-0.3, -0.25) is 0 Å². The van der Waals surface area contributed by atoms with Gasteiger partial charge in [0.1, 0.15) is 5.52 Å². The van der Waals surface area contributed by atoms with Crippen LogP contribution in [-0.4, -0.2) is 15.0 Å². The molecule has 0 N–H and O–H groups in total. The molecule has 2 aromatic carbocycles. The third kappa shape index (κ3) is 2.90. The van der Waals surface area contributed by atoms with Gasteiger partial charge < -0.3 is 0 Å². The number of rotatable bonds is 4. The van der Waals surface area contributed by atoms with E-state index in [1.54, 1.807) is 0 Å². The quantitative estimate of drug-likeness (QED) is 0.580. The van der Waals surface area contributed by atoms with Gasteiger partial charge in [-0.1, -0.05) is 49.4 Å². The summed E-state index contributed by atoms with van der Waals surface area (Å²) in [5.41, 5.74) is 5.33. The lowest BCUT2D eigenvalue weighted by Crippen LogP contribution is -2.05. The minimum atomic E-state index is 0.532. The first-order valence-corrected chi connectivity index (χ1v) is 8.60. The summed E-state index contributed by atoms with van der Waals surface area (Å²) >= 11 is 9.54. The Morgan fingerprint density at radius 2 is 1.86 bits per heavy atom. The molecule has 0 amide bonds. The SMILES string of the molecule is CC(C)Cn1nnc2c(Br)c(-c3ccc(CCl)cc3)ccc21. The first-order valence-electron chi connectivity index (χ1n) is 7.27. The highest BCUT2D eigenvalue weighted by Crippen LogP contribution is 2.33. The third-order valence-corrected chi connectivity index (χ3v) is 4.69. The van der Waals surface area contributed by atoms with Gasteiger partial charge in [0.15, 0.2) is 0 Å². The Kier molecular flexibility index (Phi) is 4.50. The van der Waals surface area contributed by atoms with Gasteiger partial charge >= 0.3 is 0 Å². The standard InChI is InChI=1S/C17H17BrClN3/c1-11(2)10-22-15-8-7-14(16(18)17(15)20-21-22)13-5-3-12(9-19)4-6-13/h3-8,11H,9-10H2,1-2H3. The Bertz CT molecular complexity index is 794. The molecule has 1 aromatic heterocycles. The van der Waals surface area contributed by atoms with Crippen molar-refractivity contribution in [2.45, 2.75) is 26.3 Å². The van der Waals surface area contributed by atoms with Crippen molar-refractivity contribution in [2.75, 3.05) is 0 Å². The van der Waals surface area contributed by atoms with Gasteiger partial charge in [-0.05, 0) is 44.6 Å². The summed E-state index contributed by atoms with van der Waals surface area (Å²) in [5, 5.41) is 8.61. The van der Waals surface area contributed by atoms with Gasteiger partial charge in [-0.2, -0.15) is 0 Å². The molecule has 0 atom stereocenters. The molecular formula is C17H17BrClN3. The van der Waals surface area contributed by atoms with Crippen LogP contribution in [0, 0.1) is 5.92 Å². The lowest BCUT2D eigenvalue weighted by molar-refractivity contribution is 0.483. The van der Waals surface area contributed by atoms with Gasteiger partial charge in [0.25, 0.3) is 0 Å². The van der Waals surface area contributed by atoms with Gasteiger partial charge in [-0.15, -0.1) is 16.7 Å². The third-order valence-electron chi connectivity index (χ3n) is 3.58. The molecule has 3 rings (SSSR count). The smallest absolute Gasteiger partial charge is 0.127 e. The van der Waals surface area contributed by atoms with Crippen LogP contribution in [0.1, 0.15) is 19.4 Å². The van der Waals surface area contributed by atoms with Crippen molar-refractivity contribution in [1.82, 2.24) is 15.0 Å². The predicted octanol–water partition coefficient (Wildman–Crippen LogP) is 5.26. The lowest BCUT2D eigenvalue weighted by Gasteiger charge is -2.08. The van der Waals surface area contributed by atoms with E-state index in [1.165, 1.54) is 0 Å². The van der Waals surface area contributed by atoms with Crippen LogP contribution in [0.3, 0.4) is 0 Å². The maximum Gasteiger partial charge on any atom is 0.127 e. The maximum atomic E-state index is 5.85. The zero-order chi connectivity index (χ0) is 15.7. The fourth-order valence-electron chi connectivity index (χ4n) is 2.48. The van der Waals surface area contributed by atoms with Gasteiger partial charge in [0, 0.05) is 12.4 Å². The first-order chi connectivity index (χ1) is 10.6. The molecule has 0 aliphatic heterocycles. The first kappa shape index (κ1) is 15.5. The van der Waals surface area contributed by atoms with Crippen LogP contribution in [-0.2, 0) is 12.4 Å². The highest BCUT2D eigenvalue weighted by Gasteiger charge is 2.13. The molecule has 0 radical (unpaired) electrons. The van der Waals surface area contributed by atoms with Crippen LogP contribution in [0.5, 0.6) is 0 Å². The van der Waals surface area contributed by atoms with E-state index in [2.05, 4.69) is 76.5 Å².